The zero-order valence-corrected chi connectivity index (χ0v) is 9.88. The van der Waals surface area contributed by atoms with E-state index in [2.05, 4.69) is 15.5 Å². The molecule has 1 aromatic carbocycles. The number of nitrogens with zero attached hydrogens (tertiary/aromatic N) is 1. The van der Waals surface area contributed by atoms with E-state index in [0.29, 0.717) is 27.7 Å². The van der Waals surface area contributed by atoms with Crippen molar-refractivity contribution in [2.75, 3.05) is 11.1 Å². The number of nitrogen functional groups attached to an aromatic ring is 1. The maximum absolute atomic E-state index is 11.9. The monoisotopic (exact) mass is 250 g/mol. The molecule has 0 atom stereocenters. The summed E-state index contributed by atoms with van der Waals surface area (Å²) in [5.74, 6) is -0.295. The first-order chi connectivity index (χ1) is 8.09. The highest BCUT2D eigenvalue weighted by atomic mass is 35.5. The van der Waals surface area contributed by atoms with Crippen LogP contribution in [0.15, 0.2) is 24.4 Å². The van der Waals surface area contributed by atoms with Gasteiger partial charge in [-0.05, 0) is 19.1 Å². The minimum absolute atomic E-state index is 0.295. The molecule has 6 heteroatoms. The van der Waals surface area contributed by atoms with Crippen LogP contribution in [-0.2, 0) is 0 Å². The van der Waals surface area contributed by atoms with Gasteiger partial charge in [-0.1, -0.05) is 17.7 Å². The number of H-pyrrole nitrogens is 1. The van der Waals surface area contributed by atoms with Crippen LogP contribution >= 0.6 is 11.6 Å². The van der Waals surface area contributed by atoms with Gasteiger partial charge in [-0.15, -0.1) is 0 Å². The number of carbonyl (C=O) groups excluding carboxylic acids is 1. The lowest BCUT2D eigenvalue weighted by atomic mass is 10.2. The maximum atomic E-state index is 11.9. The van der Waals surface area contributed by atoms with Crippen LogP contribution < -0.4 is 11.1 Å². The fourth-order valence-electron chi connectivity index (χ4n) is 1.43. The molecule has 0 spiro atoms. The molecule has 5 nitrogen and oxygen atoms in total. The molecule has 0 aliphatic rings. The van der Waals surface area contributed by atoms with Crippen LogP contribution in [0.2, 0.25) is 5.02 Å². The van der Waals surface area contributed by atoms with E-state index in [1.807, 2.05) is 0 Å². The number of aromatic nitrogens is 2. The van der Waals surface area contributed by atoms with Gasteiger partial charge in [0.15, 0.2) is 0 Å². The minimum atomic E-state index is -0.295. The predicted molar refractivity (Wildman–Crippen MR) is 67.1 cm³/mol. The fourth-order valence-corrected chi connectivity index (χ4v) is 1.66. The van der Waals surface area contributed by atoms with E-state index in [9.17, 15) is 4.79 Å². The van der Waals surface area contributed by atoms with Crippen LogP contribution in [0, 0.1) is 6.92 Å². The van der Waals surface area contributed by atoms with Gasteiger partial charge in [0.25, 0.3) is 5.91 Å². The largest absolute Gasteiger partial charge is 0.397 e. The first-order valence-corrected chi connectivity index (χ1v) is 5.32. The first-order valence-electron chi connectivity index (χ1n) is 4.95. The van der Waals surface area contributed by atoms with Crippen LogP contribution in [0.25, 0.3) is 0 Å². The molecular weight excluding hydrogens is 240 g/mol. The Morgan fingerprint density at radius 2 is 2.29 bits per heavy atom. The lowest BCUT2D eigenvalue weighted by Gasteiger charge is -2.09. The Hall–Kier alpha value is -2.01. The molecular formula is C11H11ClN4O. The summed E-state index contributed by atoms with van der Waals surface area (Å²) in [7, 11) is 0. The van der Waals surface area contributed by atoms with Crippen molar-refractivity contribution in [1.82, 2.24) is 10.2 Å². The van der Waals surface area contributed by atoms with Crippen molar-refractivity contribution in [1.29, 1.82) is 0 Å². The molecule has 1 amide bonds. The van der Waals surface area contributed by atoms with Gasteiger partial charge in [0.2, 0.25) is 0 Å². The molecule has 0 saturated heterocycles. The summed E-state index contributed by atoms with van der Waals surface area (Å²) in [6.45, 7) is 1.76. The third-order valence-corrected chi connectivity index (χ3v) is 2.67. The van der Waals surface area contributed by atoms with Crippen LogP contribution in [0.3, 0.4) is 0 Å². The number of para-hydroxylation sites is 1. The van der Waals surface area contributed by atoms with Crippen molar-refractivity contribution < 1.29 is 4.79 Å². The van der Waals surface area contributed by atoms with Crippen molar-refractivity contribution in [3.8, 4) is 0 Å². The number of halogens is 1. The van der Waals surface area contributed by atoms with Crippen molar-refractivity contribution in [3.63, 3.8) is 0 Å². The Morgan fingerprint density at radius 3 is 2.88 bits per heavy atom. The highest BCUT2D eigenvalue weighted by molar-refractivity contribution is 6.34. The second-order valence-electron chi connectivity index (χ2n) is 3.57. The number of hydrogen-bond acceptors (Lipinski definition) is 3. The molecule has 2 aromatic rings. The number of aryl methyl sites for hydroxylation is 1. The van der Waals surface area contributed by atoms with Gasteiger partial charge in [0.05, 0.1) is 28.2 Å². The SMILES string of the molecule is Cc1[nH]ncc1C(=O)Nc1c(N)cccc1Cl. The first kappa shape index (κ1) is 11.5. The highest BCUT2D eigenvalue weighted by Gasteiger charge is 2.13. The Balaban J connectivity index is 2.28. The Kier molecular flexibility index (Phi) is 3.01. The van der Waals surface area contributed by atoms with Gasteiger partial charge in [0.1, 0.15) is 0 Å². The molecule has 88 valence electrons. The summed E-state index contributed by atoms with van der Waals surface area (Å²) in [5.41, 5.74) is 7.73. The van der Waals surface area contributed by atoms with Gasteiger partial charge in [-0.3, -0.25) is 9.89 Å². The molecule has 0 radical (unpaired) electrons. The second kappa shape index (κ2) is 4.47. The minimum Gasteiger partial charge on any atom is -0.397 e. The zero-order valence-electron chi connectivity index (χ0n) is 9.12. The van der Waals surface area contributed by atoms with Crippen LogP contribution in [-0.4, -0.2) is 16.1 Å². The molecule has 0 unspecified atom stereocenters. The average molecular weight is 251 g/mol. The Bertz CT molecular complexity index is 544. The normalized spacial score (nSPS) is 10.2. The van der Waals surface area contributed by atoms with Crippen LogP contribution in [0.1, 0.15) is 16.1 Å². The lowest BCUT2D eigenvalue weighted by molar-refractivity contribution is 0.102. The molecule has 4 N–H and O–H groups in total. The van der Waals surface area contributed by atoms with Gasteiger partial charge >= 0.3 is 0 Å². The lowest BCUT2D eigenvalue weighted by Crippen LogP contribution is -2.14. The van der Waals surface area contributed by atoms with E-state index in [-0.39, 0.29) is 5.91 Å². The summed E-state index contributed by atoms with van der Waals surface area (Å²) < 4.78 is 0. The number of amides is 1. The molecule has 1 heterocycles. The third kappa shape index (κ3) is 2.24. The number of rotatable bonds is 2. The standard InChI is InChI=1S/C11H11ClN4O/c1-6-7(5-14-16-6)11(17)15-10-8(12)3-2-4-9(10)13/h2-5H,13H2,1H3,(H,14,16)(H,15,17). The molecule has 17 heavy (non-hydrogen) atoms. The van der Waals surface area contributed by atoms with E-state index in [1.165, 1.54) is 6.20 Å². The van der Waals surface area contributed by atoms with Gasteiger partial charge in [-0.25, -0.2) is 0 Å². The number of carbonyl (C=O) groups is 1. The van der Waals surface area contributed by atoms with Gasteiger partial charge < -0.3 is 11.1 Å². The quantitative estimate of drug-likeness (QED) is 0.715. The summed E-state index contributed by atoms with van der Waals surface area (Å²) in [6, 6.07) is 5.05. The second-order valence-corrected chi connectivity index (χ2v) is 3.97. The van der Waals surface area contributed by atoms with Crippen molar-refractivity contribution in [2.24, 2.45) is 0 Å². The molecule has 0 saturated carbocycles. The number of aromatic amines is 1. The van der Waals surface area contributed by atoms with Crippen LogP contribution in [0.5, 0.6) is 0 Å². The van der Waals surface area contributed by atoms with Crippen molar-refractivity contribution in [3.05, 3.63) is 40.7 Å². The maximum Gasteiger partial charge on any atom is 0.259 e. The zero-order chi connectivity index (χ0) is 12.4. The fraction of sp³-hybridized carbons (Fsp3) is 0.0909. The highest BCUT2D eigenvalue weighted by Crippen LogP contribution is 2.28. The molecule has 1 aromatic heterocycles. The number of benzene rings is 1. The van der Waals surface area contributed by atoms with Crippen molar-refractivity contribution in [2.45, 2.75) is 6.92 Å². The van der Waals surface area contributed by atoms with E-state index in [0.717, 1.165) is 0 Å². The number of nitrogens with two attached hydrogens (primary N) is 1. The van der Waals surface area contributed by atoms with E-state index in [4.69, 9.17) is 17.3 Å². The molecule has 0 aliphatic heterocycles. The number of hydrogen-bond donors (Lipinski definition) is 3. The Morgan fingerprint density at radius 1 is 1.53 bits per heavy atom. The van der Waals surface area contributed by atoms with Gasteiger partial charge in [-0.2, -0.15) is 5.10 Å². The summed E-state index contributed by atoms with van der Waals surface area (Å²) in [6.07, 6.45) is 1.46. The van der Waals surface area contributed by atoms with E-state index in [1.54, 1.807) is 25.1 Å². The average Bonchev–Trinajstić information content (AvgIpc) is 2.70. The summed E-state index contributed by atoms with van der Waals surface area (Å²) in [5, 5.41) is 9.54. The van der Waals surface area contributed by atoms with Crippen LogP contribution in [0.4, 0.5) is 11.4 Å². The van der Waals surface area contributed by atoms with Gasteiger partial charge in [0, 0.05) is 5.69 Å². The summed E-state index contributed by atoms with van der Waals surface area (Å²) in [4.78, 5) is 11.9. The molecule has 0 bridgehead atoms. The predicted octanol–water partition coefficient (Wildman–Crippen LogP) is 2.21. The summed E-state index contributed by atoms with van der Waals surface area (Å²) >= 11 is 5.96. The Labute approximate surface area is 103 Å². The topological polar surface area (TPSA) is 83.8 Å². The number of nitrogens with one attached hydrogen (secondary N) is 2. The molecule has 0 fully saturated rings. The number of anilines is 2. The smallest absolute Gasteiger partial charge is 0.259 e. The van der Waals surface area contributed by atoms with E-state index < -0.39 is 0 Å². The van der Waals surface area contributed by atoms with E-state index >= 15 is 0 Å². The molecule has 0 aliphatic carbocycles. The third-order valence-electron chi connectivity index (χ3n) is 2.36. The van der Waals surface area contributed by atoms with Crippen molar-refractivity contribution >= 4 is 28.9 Å². The molecule has 2 rings (SSSR count).